The average Bonchev–Trinajstić information content (AvgIpc) is 3.73. The molecule has 0 saturated heterocycles. The Balaban J connectivity index is 1.07. The molecule has 1 aliphatic rings. The van der Waals surface area contributed by atoms with E-state index in [0.29, 0.717) is 11.8 Å². The van der Waals surface area contributed by atoms with E-state index in [1.807, 2.05) is 0 Å². The van der Waals surface area contributed by atoms with E-state index in [4.69, 9.17) is 0 Å². The predicted molar refractivity (Wildman–Crippen MR) is 297 cm³/mol. The van der Waals surface area contributed by atoms with Gasteiger partial charge in [0, 0.05) is 46.0 Å². The summed E-state index contributed by atoms with van der Waals surface area (Å²) in [4.78, 5) is 4.75. The highest BCUT2D eigenvalue weighted by Gasteiger charge is 2.27. The van der Waals surface area contributed by atoms with Crippen molar-refractivity contribution in [1.82, 2.24) is 0 Å². The first-order valence-corrected chi connectivity index (χ1v) is 26.3. The molecule has 1 aliphatic carbocycles. The molecule has 0 N–H and O–H groups in total. The van der Waals surface area contributed by atoms with Gasteiger partial charge < -0.3 is 9.80 Å². The van der Waals surface area contributed by atoms with Gasteiger partial charge >= 0.3 is 0 Å². The lowest BCUT2D eigenvalue weighted by Gasteiger charge is -2.27. The molecule has 0 heterocycles. The molecule has 9 rings (SSSR count). The zero-order valence-electron chi connectivity index (χ0n) is 41.7. The maximum absolute atomic E-state index is 2.62. The van der Waals surface area contributed by atoms with Crippen LogP contribution in [-0.4, -0.2) is 0 Å². The molecule has 0 radical (unpaired) electrons. The highest BCUT2D eigenvalue weighted by Crippen LogP contribution is 2.46. The van der Waals surface area contributed by atoms with E-state index in [1.165, 1.54) is 154 Å². The van der Waals surface area contributed by atoms with Crippen LogP contribution in [0.2, 0.25) is 0 Å². The van der Waals surface area contributed by atoms with E-state index in [1.54, 1.807) is 0 Å². The fourth-order valence-electron chi connectivity index (χ4n) is 11.1. The van der Waals surface area contributed by atoms with E-state index in [2.05, 4.69) is 232 Å². The van der Waals surface area contributed by atoms with Crippen LogP contribution in [0.15, 0.2) is 194 Å². The van der Waals surface area contributed by atoms with Crippen molar-refractivity contribution < 1.29 is 0 Å². The van der Waals surface area contributed by atoms with Gasteiger partial charge in [0.05, 0.1) is 0 Å². The monoisotopic (exact) mass is 905 g/mol. The molecule has 0 aromatic heterocycles. The van der Waals surface area contributed by atoms with Gasteiger partial charge in [-0.3, -0.25) is 0 Å². The van der Waals surface area contributed by atoms with Crippen molar-refractivity contribution in [2.24, 2.45) is 0 Å². The first-order valence-electron chi connectivity index (χ1n) is 26.3. The van der Waals surface area contributed by atoms with Crippen LogP contribution in [-0.2, 0) is 6.42 Å². The Morgan fingerprint density at radius 1 is 0.348 bits per heavy atom. The van der Waals surface area contributed by atoms with Gasteiger partial charge in [0.2, 0.25) is 0 Å². The molecule has 350 valence electrons. The molecule has 0 bridgehead atoms. The van der Waals surface area contributed by atoms with Crippen molar-refractivity contribution in [2.45, 2.75) is 123 Å². The molecule has 2 unspecified atom stereocenters. The fraction of sp³-hybridized carbons (Fsp3) is 0.284. The number of nitrogens with zero attached hydrogens (tertiary/aromatic N) is 2. The van der Waals surface area contributed by atoms with Crippen LogP contribution in [0, 0.1) is 13.8 Å². The Bertz CT molecular complexity index is 2550. The second kappa shape index (κ2) is 23.1. The summed E-state index contributed by atoms with van der Waals surface area (Å²) in [7, 11) is 0. The maximum atomic E-state index is 2.62. The Kier molecular flexibility index (Phi) is 15.9. The quantitative estimate of drug-likeness (QED) is 0.0625. The molecule has 2 nitrogen and oxygen atoms in total. The van der Waals surface area contributed by atoms with E-state index >= 15 is 0 Å². The molecule has 8 aromatic carbocycles. The number of anilines is 6. The highest BCUT2D eigenvalue weighted by atomic mass is 15.1. The highest BCUT2D eigenvalue weighted by molar-refractivity contribution is 5.81. The molecular formula is C67H72N2. The van der Waals surface area contributed by atoms with Crippen molar-refractivity contribution in [1.29, 1.82) is 0 Å². The summed E-state index contributed by atoms with van der Waals surface area (Å²) in [6, 6.07) is 72.5. The van der Waals surface area contributed by atoms with E-state index < -0.39 is 0 Å². The van der Waals surface area contributed by atoms with Crippen LogP contribution in [0.5, 0.6) is 0 Å². The molecule has 0 spiro atoms. The SMILES string of the molecule is CCCCCCCC(c1ccc(N(c2ccccc2)c2ccccc2)cc1)c1cc2c(cc1C)Cc1cc(C)c(C(CCCCCCC)c3ccc(N(c4ccccc4)c4ccccc4)cc3)cc1-2. The summed E-state index contributed by atoms with van der Waals surface area (Å²) < 4.78 is 0. The number of unbranched alkanes of at least 4 members (excludes halogenated alkanes) is 8. The molecule has 69 heavy (non-hydrogen) atoms. The topological polar surface area (TPSA) is 6.48 Å². The van der Waals surface area contributed by atoms with Gasteiger partial charge in [-0.05, 0) is 174 Å². The number of aryl methyl sites for hydroxylation is 2. The molecule has 0 saturated carbocycles. The van der Waals surface area contributed by atoms with Crippen molar-refractivity contribution in [3.8, 4) is 11.1 Å². The first-order chi connectivity index (χ1) is 34.0. The van der Waals surface area contributed by atoms with Crippen LogP contribution in [0.1, 0.15) is 147 Å². The third-order valence-electron chi connectivity index (χ3n) is 14.8. The van der Waals surface area contributed by atoms with Crippen LogP contribution in [0.4, 0.5) is 34.1 Å². The van der Waals surface area contributed by atoms with Gasteiger partial charge in [-0.25, -0.2) is 0 Å². The Morgan fingerprint density at radius 2 is 0.652 bits per heavy atom. The lowest BCUT2D eigenvalue weighted by molar-refractivity contribution is 0.579. The normalized spacial score (nSPS) is 12.6. The summed E-state index contributed by atoms with van der Waals surface area (Å²) in [6.45, 7) is 9.37. The van der Waals surface area contributed by atoms with E-state index in [0.717, 1.165) is 19.3 Å². The molecule has 2 atom stereocenters. The summed E-state index contributed by atoms with van der Waals surface area (Å²) in [5, 5.41) is 0. The van der Waals surface area contributed by atoms with E-state index in [-0.39, 0.29) is 0 Å². The molecule has 8 aromatic rings. The minimum absolute atomic E-state index is 0.322. The second-order valence-corrected chi connectivity index (χ2v) is 19.6. The molecule has 0 fully saturated rings. The smallest absolute Gasteiger partial charge is 0.0461 e. The third kappa shape index (κ3) is 11.1. The summed E-state index contributed by atoms with van der Waals surface area (Å²) in [5.74, 6) is 0.644. The van der Waals surface area contributed by atoms with Gasteiger partial charge in [0.25, 0.3) is 0 Å². The first kappa shape index (κ1) is 47.4. The largest absolute Gasteiger partial charge is 0.311 e. The summed E-state index contributed by atoms with van der Waals surface area (Å²) in [5.41, 5.74) is 21.5. The number of rotatable bonds is 22. The molecular weight excluding hydrogens is 833 g/mol. The number of hydrogen-bond acceptors (Lipinski definition) is 2. The fourth-order valence-corrected chi connectivity index (χ4v) is 11.1. The number of para-hydroxylation sites is 4. The van der Waals surface area contributed by atoms with Crippen molar-refractivity contribution in [3.05, 3.63) is 239 Å². The zero-order valence-corrected chi connectivity index (χ0v) is 41.7. The number of benzene rings is 8. The average molecular weight is 905 g/mol. The Labute approximate surface area is 414 Å². The number of fused-ring (bicyclic) bond motifs is 3. The van der Waals surface area contributed by atoms with Crippen LogP contribution >= 0.6 is 0 Å². The number of hydrogen-bond donors (Lipinski definition) is 0. The zero-order chi connectivity index (χ0) is 47.4. The molecule has 0 amide bonds. The van der Waals surface area contributed by atoms with Gasteiger partial charge in [0.15, 0.2) is 0 Å². The Morgan fingerprint density at radius 3 is 0.971 bits per heavy atom. The predicted octanol–water partition coefficient (Wildman–Crippen LogP) is 19.8. The lowest BCUT2D eigenvalue weighted by Crippen LogP contribution is -2.10. The summed E-state index contributed by atoms with van der Waals surface area (Å²) >= 11 is 0. The van der Waals surface area contributed by atoms with Crippen molar-refractivity contribution >= 4 is 34.1 Å². The van der Waals surface area contributed by atoms with Crippen LogP contribution in [0.3, 0.4) is 0 Å². The molecule has 2 heteroatoms. The van der Waals surface area contributed by atoms with Crippen LogP contribution < -0.4 is 9.80 Å². The van der Waals surface area contributed by atoms with Gasteiger partial charge in [-0.15, -0.1) is 0 Å². The standard InChI is InChI=1S/C67H72N2/c1-5-7-9-11-25-35-62(52-37-41-60(42-38-52)68(56-27-17-13-18-28-56)57-29-19-14-20-30-57)64-48-66-54(45-50(64)3)47-55-46-51(4)65(49-67(55)66)63(36-26-12-10-8-6-2)53-39-43-61(44-40-53)69(58-31-21-15-22-32-58)59-33-23-16-24-34-59/h13-24,27-34,37-46,48-49,62-63H,5-12,25-26,35-36,47H2,1-4H3. The minimum Gasteiger partial charge on any atom is -0.311 e. The summed E-state index contributed by atoms with van der Waals surface area (Å²) in [6.07, 6.45) is 16.1. The third-order valence-corrected chi connectivity index (χ3v) is 14.8. The van der Waals surface area contributed by atoms with Gasteiger partial charge in [-0.1, -0.05) is 187 Å². The molecule has 0 aliphatic heterocycles. The van der Waals surface area contributed by atoms with Crippen LogP contribution in [0.25, 0.3) is 11.1 Å². The Hall–Kier alpha value is -6.64. The minimum atomic E-state index is 0.322. The van der Waals surface area contributed by atoms with E-state index in [9.17, 15) is 0 Å². The van der Waals surface area contributed by atoms with Gasteiger partial charge in [-0.2, -0.15) is 0 Å². The van der Waals surface area contributed by atoms with Crippen molar-refractivity contribution in [3.63, 3.8) is 0 Å². The second-order valence-electron chi connectivity index (χ2n) is 19.6. The van der Waals surface area contributed by atoms with Gasteiger partial charge in [0.1, 0.15) is 0 Å². The maximum Gasteiger partial charge on any atom is 0.0461 e. The van der Waals surface area contributed by atoms with Crippen molar-refractivity contribution in [2.75, 3.05) is 9.80 Å². The lowest BCUT2D eigenvalue weighted by atomic mass is 9.81.